The highest BCUT2D eigenvalue weighted by molar-refractivity contribution is 7.19. The molecule has 0 aliphatic rings. The summed E-state index contributed by atoms with van der Waals surface area (Å²) < 4.78 is 2.27. The molecule has 0 radical (unpaired) electrons. The lowest BCUT2D eigenvalue weighted by molar-refractivity contribution is -0.135. The summed E-state index contributed by atoms with van der Waals surface area (Å²) in [5.41, 5.74) is 2.70. The van der Waals surface area contributed by atoms with E-state index >= 15 is 0 Å². The normalized spacial score (nSPS) is 12.1. The fraction of sp³-hybridized carbons (Fsp3) is 0.0526. The molecule has 3 nitrogen and oxygen atoms in total. The SMILES string of the molecule is O=C(O)C/C(=C/c1csc2ccccc12)c1nc2ccccc2s1. The molecule has 0 saturated carbocycles. The third kappa shape index (κ3) is 2.84. The summed E-state index contributed by atoms with van der Waals surface area (Å²) in [5, 5.41) is 13.3. The van der Waals surface area contributed by atoms with Gasteiger partial charge in [0.25, 0.3) is 0 Å². The number of rotatable bonds is 4. The molecule has 2 heterocycles. The van der Waals surface area contributed by atoms with Crippen molar-refractivity contribution in [2.45, 2.75) is 6.42 Å². The Kier molecular flexibility index (Phi) is 3.88. The van der Waals surface area contributed by atoms with Crippen molar-refractivity contribution in [2.75, 3.05) is 0 Å². The van der Waals surface area contributed by atoms with Gasteiger partial charge < -0.3 is 5.11 Å². The summed E-state index contributed by atoms with van der Waals surface area (Å²) in [7, 11) is 0. The van der Waals surface area contributed by atoms with Crippen molar-refractivity contribution in [2.24, 2.45) is 0 Å². The maximum Gasteiger partial charge on any atom is 0.307 e. The Morgan fingerprint density at radius 3 is 2.62 bits per heavy atom. The number of nitrogens with zero attached hydrogens (tertiary/aromatic N) is 1. The highest BCUT2D eigenvalue weighted by Gasteiger charge is 2.13. The molecule has 0 unspecified atom stereocenters. The van der Waals surface area contributed by atoms with E-state index in [2.05, 4.69) is 22.5 Å². The van der Waals surface area contributed by atoms with E-state index in [1.165, 1.54) is 16.0 Å². The fourth-order valence-electron chi connectivity index (χ4n) is 2.66. The number of hydrogen-bond acceptors (Lipinski definition) is 4. The number of aliphatic carboxylic acids is 1. The van der Waals surface area contributed by atoms with E-state index in [1.807, 2.05) is 42.5 Å². The molecule has 0 aliphatic carbocycles. The maximum atomic E-state index is 11.3. The predicted octanol–water partition coefficient (Wildman–Crippen LogP) is 5.53. The number of fused-ring (bicyclic) bond motifs is 2. The average Bonchev–Trinajstić information content (AvgIpc) is 3.18. The Morgan fingerprint density at radius 1 is 1.08 bits per heavy atom. The third-order valence-electron chi connectivity index (χ3n) is 3.75. The van der Waals surface area contributed by atoms with Crippen LogP contribution in [0.3, 0.4) is 0 Å². The maximum absolute atomic E-state index is 11.3. The summed E-state index contributed by atoms with van der Waals surface area (Å²) in [6.07, 6.45) is 1.93. The van der Waals surface area contributed by atoms with Crippen molar-refractivity contribution in [3.8, 4) is 0 Å². The van der Waals surface area contributed by atoms with Gasteiger partial charge in [0.1, 0.15) is 5.01 Å². The number of hydrogen-bond donors (Lipinski definition) is 1. The first-order valence-electron chi connectivity index (χ1n) is 7.45. The van der Waals surface area contributed by atoms with Crippen LogP contribution < -0.4 is 0 Å². The third-order valence-corrected chi connectivity index (χ3v) is 5.84. The summed E-state index contributed by atoms with van der Waals surface area (Å²) in [5.74, 6) is -0.847. The molecule has 24 heavy (non-hydrogen) atoms. The smallest absolute Gasteiger partial charge is 0.307 e. The minimum absolute atomic E-state index is 0.0377. The molecule has 5 heteroatoms. The number of thiazole rings is 1. The van der Waals surface area contributed by atoms with Crippen LogP contribution in [0.25, 0.3) is 32.0 Å². The van der Waals surface area contributed by atoms with Crippen LogP contribution in [-0.2, 0) is 4.79 Å². The number of carboxylic acids is 1. The Bertz CT molecular complexity index is 1040. The number of carbonyl (C=O) groups is 1. The van der Waals surface area contributed by atoms with Crippen LogP contribution in [0, 0.1) is 0 Å². The molecular formula is C19H13NO2S2. The average molecular weight is 351 g/mol. The van der Waals surface area contributed by atoms with Gasteiger partial charge in [0.2, 0.25) is 0 Å². The molecule has 0 saturated heterocycles. The number of benzene rings is 2. The van der Waals surface area contributed by atoms with Gasteiger partial charge in [0, 0.05) is 4.70 Å². The van der Waals surface area contributed by atoms with Gasteiger partial charge in [0.15, 0.2) is 0 Å². The standard InChI is InChI=1S/C19H13NO2S2/c21-18(22)10-12(19-20-15-6-2-4-8-17(15)24-19)9-13-11-23-16-7-3-1-5-14(13)16/h1-9,11H,10H2,(H,21,22)/b12-9-. The van der Waals surface area contributed by atoms with Gasteiger partial charge >= 0.3 is 5.97 Å². The van der Waals surface area contributed by atoms with Crippen molar-refractivity contribution in [1.29, 1.82) is 0 Å². The molecule has 0 fully saturated rings. The fourth-order valence-corrected chi connectivity index (χ4v) is 4.56. The predicted molar refractivity (Wildman–Crippen MR) is 102 cm³/mol. The molecule has 0 spiro atoms. The van der Waals surface area contributed by atoms with Crippen LogP contribution in [0.4, 0.5) is 0 Å². The van der Waals surface area contributed by atoms with Gasteiger partial charge in [-0.25, -0.2) is 4.98 Å². The molecule has 0 bridgehead atoms. The van der Waals surface area contributed by atoms with E-state index in [0.29, 0.717) is 0 Å². The Balaban J connectivity index is 1.85. The highest BCUT2D eigenvalue weighted by Crippen LogP contribution is 2.33. The Labute approximate surface area is 146 Å². The molecule has 0 aliphatic heterocycles. The Hall–Kier alpha value is -2.50. The largest absolute Gasteiger partial charge is 0.481 e. The second kappa shape index (κ2) is 6.19. The molecule has 2 aromatic carbocycles. The van der Waals surface area contributed by atoms with Crippen LogP contribution in [0.5, 0.6) is 0 Å². The quantitative estimate of drug-likeness (QED) is 0.526. The lowest BCUT2D eigenvalue weighted by Gasteiger charge is -2.01. The van der Waals surface area contributed by atoms with Gasteiger partial charge in [-0.15, -0.1) is 22.7 Å². The monoisotopic (exact) mass is 351 g/mol. The number of thiophene rings is 1. The molecule has 2 aromatic heterocycles. The number of para-hydroxylation sites is 1. The van der Waals surface area contributed by atoms with Crippen molar-refractivity contribution < 1.29 is 9.90 Å². The summed E-state index contributed by atoms with van der Waals surface area (Å²) in [6.45, 7) is 0. The van der Waals surface area contributed by atoms with Crippen LogP contribution >= 0.6 is 22.7 Å². The van der Waals surface area contributed by atoms with E-state index in [9.17, 15) is 9.90 Å². The molecule has 0 atom stereocenters. The minimum atomic E-state index is -0.847. The van der Waals surface area contributed by atoms with E-state index < -0.39 is 5.97 Å². The van der Waals surface area contributed by atoms with Crippen molar-refractivity contribution in [1.82, 2.24) is 4.98 Å². The summed E-state index contributed by atoms with van der Waals surface area (Å²) in [4.78, 5) is 15.9. The molecule has 1 N–H and O–H groups in total. The van der Waals surface area contributed by atoms with Crippen LogP contribution in [0.15, 0.2) is 53.9 Å². The second-order valence-corrected chi connectivity index (χ2v) is 7.36. The highest BCUT2D eigenvalue weighted by atomic mass is 32.1. The molecule has 4 rings (SSSR count). The zero-order valence-electron chi connectivity index (χ0n) is 12.6. The number of aromatic nitrogens is 1. The molecule has 118 valence electrons. The van der Waals surface area contributed by atoms with Crippen LogP contribution in [0.2, 0.25) is 0 Å². The number of carboxylic acid groups (broad SMARTS) is 1. The van der Waals surface area contributed by atoms with Gasteiger partial charge in [-0.1, -0.05) is 30.3 Å². The van der Waals surface area contributed by atoms with Gasteiger partial charge in [-0.3, -0.25) is 4.79 Å². The first kappa shape index (κ1) is 15.1. The Morgan fingerprint density at radius 2 is 1.83 bits per heavy atom. The van der Waals surface area contributed by atoms with Crippen LogP contribution in [-0.4, -0.2) is 16.1 Å². The zero-order valence-corrected chi connectivity index (χ0v) is 14.2. The van der Waals surface area contributed by atoms with Gasteiger partial charge in [0.05, 0.1) is 16.6 Å². The molecule has 4 aromatic rings. The van der Waals surface area contributed by atoms with Crippen molar-refractivity contribution in [3.63, 3.8) is 0 Å². The van der Waals surface area contributed by atoms with Gasteiger partial charge in [-0.2, -0.15) is 0 Å². The lowest BCUT2D eigenvalue weighted by Crippen LogP contribution is -1.96. The van der Waals surface area contributed by atoms with E-state index in [4.69, 9.17) is 0 Å². The second-order valence-electron chi connectivity index (χ2n) is 5.41. The zero-order chi connectivity index (χ0) is 16.5. The topological polar surface area (TPSA) is 50.2 Å². The van der Waals surface area contributed by atoms with E-state index in [-0.39, 0.29) is 6.42 Å². The van der Waals surface area contributed by atoms with E-state index in [0.717, 1.165) is 31.7 Å². The first-order chi connectivity index (χ1) is 11.7. The summed E-state index contributed by atoms with van der Waals surface area (Å²) >= 11 is 3.20. The van der Waals surface area contributed by atoms with Crippen molar-refractivity contribution >= 4 is 60.6 Å². The van der Waals surface area contributed by atoms with Gasteiger partial charge in [-0.05, 0) is 46.2 Å². The summed E-state index contributed by atoms with van der Waals surface area (Å²) in [6, 6.07) is 16.0. The first-order valence-corrected chi connectivity index (χ1v) is 9.15. The van der Waals surface area contributed by atoms with Crippen LogP contribution in [0.1, 0.15) is 17.0 Å². The molecule has 0 amide bonds. The lowest BCUT2D eigenvalue weighted by atomic mass is 10.1. The van der Waals surface area contributed by atoms with E-state index in [1.54, 1.807) is 11.3 Å². The molecular weight excluding hydrogens is 338 g/mol. The minimum Gasteiger partial charge on any atom is -0.481 e. The van der Waals surface area contributed by atoms with Crippen molar-refractivity contribution in [3.05, 3.63) is 64.5 Å².